The first-order chi connectivity index (χ1) is 9.05. The van der Waals surface area contributed by atoms with Gasteiger partial charge in [-0.25, -0.2) is 0 Å². The fourth-order valence-corrected chi connectivity index (χ4v) is 3.27. The van der Waals surface area contributed by atoms with Crippen LogP contribution in [0.4, 0.5) is 13.2 Å². The van der Waals surface area contributed by atoms with E-state index >= 15 is 0 Å². The standard InChI is InChI=1S/C15H12F3Se/c16-15(17,18)13-8-6-12(7-9-13)10-11-19-14-4-2-1-3-5-14/h1-10H,11H2. The molecule has 0 saturated carbocycles. The van der Waals surface area contributed by atoms with Crippen LogP contribution in [0, 0.1) is 6.42 Å². The van der Waals surface area contributed by atoms with E-state index < -0.39 is 11.7 Å². The molecule has 0 saturated heterocycles. The van der Waals surface area contributed by atoms with Crippen molar-refractivity contribution in [3.8, 4) is 0 Å². The van der Waals surface area contributed by atoms with Crippen molar-refractivity contribution in [1.82, 2.24) is 0 Å². The molecule has 0 amide bonds. The molecule has 1 radical (unpaired) electrons. The van der Waals surface area contributed by atoms with Crippen molar-refractivity contribution in [3.05, 3.63) is 72.1 Å². The maximum absolute atomic E-state index is 12.4. The van der Waals surface area contributed by atoms with Gasteiger partial charge in [0, 0.05) is 0 Å². The average Bonchev–Trinajstić information content (AvgIpc) is 2.39. The van der Waals surface area contributed by atoms with Crippen molar-refractivity contribution in [2.24, 2.45) is 0 Å². The van der Waals surface area contributed by atoms with E-state index in [1.807, 2.05) is 24.6 Å². The first kappa shape index (κ1) is 14.2. The zero-order valence-electron chi connectivity index (χ0n) is 10.0. The zero-order valence-corrected chi connectivity index (χ0v) is 11.7. The van der Waals surface area contributed by atoms with Gasteiger partial charge < -0.3 is 0 Å². The summed E-state index contributed by atoms with van der Waals surface area (Å²) in [6.07, 6.45) is -2.28. The van der Waals surface area contributed by atoms with E-state index in [-0.39, 0.29) is 0 Å². The van der Waals surface area contributed by atoms with Crippen LogP contribution in [0.5, 0.6) is 0 Å². The molecule has 0 nitrogen and oxygen atoms in total. The molecular weight excluding hydrogens is 316 g/mol. The van der Waals surface area contributed by atoms with Crippen molar-refractivity contribution in [3.63, 3.8) is 0 Å². The number of benzene rings is 2. The van der Waals surface area contributed by atoms with E-state index in [4.69, 9.17) is 0 Å². The Kier molecular flexibility index (Phi) is 4.67. The van der Waals surface area contributed by atoms with Gasteiger partial charge in [-0.1, -0.05) is 0 Å². The van der Waals surface area contributed by atoms with Crippen LogP contribution in [-0.4, -0.2) is 15.0 Å². The monoisotopic (exact) mass is 329 g/mol. The van der Waals surface area contributed by atoms with Gasteiger partial charge in [0.25, 0.3) is 0 Å². The van der Waals surface area contributed by atoms with Crippen LogP contribution in [0.25, 0.3) is 0 Å². The van der Waals surface area contributed by atoms with Crippen molar-refractivity contribution >= 4 is 19.4 Å². The zero-order chi connectivity index (χ0) is 13.7. The molecule has 0 atom stereocenters. The summed E-state index contributed by atoms with van der Waals surface area (Å²) in [4.78, 5) is 0. The van der Waals surface area contributed by atoms with E-state index in [0.29, 0.717) is 15.0 Å². The number of alkyl halides is 3. The molecule has 2 aromatic carbocycles. The first-order valence-corrected chi connectivity index (χ1v) is 7.81. The molecule has 0 N–H and O–H groups in total. The second-order valence-corrected chi connectivity index (χ2v) is 6.24. The fourth-order valence-electron chi connectivity index (χ4n) is 1.56. The van der Waals surface area contributed by atoms with Gasteiger partial charge in [-0.15, -0.1) is 0 Å². The molecule has 0 bridgehead atoms. The summed E-state index contributed by atoms with van der Waals surface area (Å²) in [5.41, 5.74) is 0.240. The molecule has 0 fully saturated rings. The summed E-state index contributed by atoms with van der Waals surface area (Å²) < 4.78 is 38.4. The number of rotatable bonds is 4. The van der Waals surface area contributed by atoms with E-state index in [0.717, 1.165) is 23.0 Å². The van der Waals surface area contributed by atoms with Gasteiger partial charge in [-0.2, -0.15) is 0 Å². The topological polar surface area (TPSA) is 0 Å². The first-order valence-electron chi connectivity index (χ1n) is 5.74. The van der Waals surface area contributed by atoms with Gasteiger partial charge >= 0.3 is 116 Å². The normalized spacial score (nSPS) is 11.5. The molecule has 19 heavy (non-hydrogen) atoms. The number of halogens is 3. The van der Waals surface area contributed by atoms with Crippen molar-refractivity contribution in [2.45, 2.75) is 11.5 Å². The molecular formula is C15H12F3Se. The third-order valence-electron chi connectivity index (χ3n) is 2.55. The van der Waals surface area contributed by atoms with E-state index in [2.05, 4.69) is 12.1 Å². The summed E-state index contributed by atoms with van der Waals surface area (Å²) in [6, 6.07) is 15.4. The summed E-state index contributed by atoms with van der Waals surface area (Å²) >= 11 is 0.323. The van der Waals surface area contributed by atoms with Crippen LogP contribution in [0.3, 0.4) is 0 Å². The minimum atomic E-state index is -4.26. The van der Waals surface area contributed by atoms with Gasteiger partial charge in [0.2, 0.25) is 0 Å². The summed E-state index contributed by atoms with van der Waals surface area (Å²) in [5, 5.41) is 0.877. The van der Waals surface area contributed by atoms with Crippen LogP contribution in [0.1, 0.15) is 11.1 Å². The predicted molar refractivity (Wildman–Crippen MR) is 71.5 cm³/mol. The SMILES string of the molecule is FC(F)(F)c1ccc([CH]C[Se]c2ccccc2)cc1. The molecule has 0 spiro atoms. The second kappa shape index (κ2) is 6.27. The van der Waals surface area contributed by atoms with Gasteiger partial charge in [0.15, 0.2) is 0 Å². The Bertz CT molecular complexity index is 503. The number of hydrogen-bond donors (Lipinski definition) is 0. The molecule has 4 heteroatoms. The van der Waals surface area contributed by atoms with Gasteiger partial charge in [-0.3, -0.25) is 0 Å². The molecule has 2 aromatic rings. The summed E-state index contributed by atoms with van der Waals surface area (Å²) in [6.45, 7) is 0. The maximum atomic E-state index is 12.4. The second-order valence-electron chi connectivity index (χ2n) is 3.95. The Hall–Kier alpha value is -1.25. The van der Waals surface area contributed by atoms with Gasteiger partial charge in [0.05, 0.1) is 0 Å². The Balaban J connectivity index is 1.87. The Morgan fingerprint density at radius 3 is 2.11 bits per heavy atom. The quantitative estimate of drug-likeness (QED) is 0.751. The van der Waals surface area contributed by atoms with E-state index in [1.165, 1.54) is 16.6 Å². The molecule has 0 aliphatic rings. The molecule has 0 aromatic heterocycles. The van der Waals surface area contributed by atoms with Crippen LogP contribution in [0.15, 0.2) is 54.6 Å². The molecule has 0 aliphatic carbocycles. The molecule has 0 unspecified atom stereocenters. The molecule has 0 heterocycles. The van der Waals surface area contributed by atoms with Crippen molar-refractivity contribution in [2.75, 3.05) is 0 Å². The molecule has 0 aliphatic heterocycles. The fraction of sp³-hybridized carbons (Fsp3) is 0.133. The third-order valence-corrected chi connectivity index (χ3v) is 4.52. The third kappa shape index (κ3) is 4.41. The van der Waals surface area contributed by atoms with Crippen LogP contribution in [0.2, 0.25) is 5.32 Å². The van der Waals surface area contributed by atoms with Crippen molar-refractivity contribution in [1.29, 1.82) is 0 Å². The molecule has 2 rings (SSSR count). The summed E-state index contributed by atoms with van der Waals surface area (Å²) in [7, 11) is 0. The minimum absolute atomic E-state index is 0.323. The van der Waals surface area contributed by atoms with Crippen LogP contribution in [-0.2, 0) is 6.18 Å². The van der Waals surface area contributed by atoms with E-state index in [9.17, 15) is 13.2 Å². The average molecular weight is 328 g/mol. The Morgan fingerprint density at radius 1 is 0.895 bits per heavy atom. The summed E-state index contributed by atoms with van der Waals surface area (Å²) in [5.74, 6) is 0. The van der Waals surface area contributed by atoms with Gasteiger partial charge in [-0.05, 0) is 0 Å². The Morgan fingerprint density at radius 2 is 1.53 bits per heavy atom. The van der Waals surface area contributed by atoms with Crippen molar-refractivity contribution < 1.29 is 13.2 Å². The van der Waals surface area contributed by atoms with E-state index in [1.54, 1.807) is 0 Å². The number of hydrogen-bond acceptors (Lipinski definition) is 0. The predicted octanol–water partition coefficient (Wildman–Crippen LogP) is 3.71. The van der Waals surface area contributed by atoms with Gasteiger partial charge in [0.1, 0.15) is 0 Å². The van der Waals surface area contributed by atoms with Crippen LogP contribution >= 0.6 is 0 Å². The molecule has 99 valence electrons. The van der Waals surface area contributed by atoms with Crippen LogP contribution < -0.4 is 4.46 Å². The Labute approximate surface area is 116 Å².